The molecular weight excluding hydrogens is 252 g/mol. The Kier molecular flexibility index (Phi) is 3.74. The van der Waals surface area contributed by atoms with Crippen molar-refractivity contribution in [2.45, 2.75) is 38.3 Å². The van der Waals surface area contributed by atoms with Crippen LogP contribution in [0.25, 0.3) is 0 Å². The lowest BCUT2D eigenvalue weighted by Gasteiger charge is -2.11. The molecule has 1 fully saturated rings. The molecule has 0 aromatic carbocycles. The quantitative estimate of drug-likeness (QED) is 0.678. The number of rotatable bonds is 7. The first-order valence-electron chi connectivity index (χ1n) is 6.19. The van der Waals surface area contributed by atoms with Crippen molar-refractivity contribution in [2.24, 2.45) is 5.41 Å². The molecule has 0 spiro atoms. The van der Waals surface area contributed by atoms with Crippen LogP contribution in [0.1, 0.15) is 32.3 Å². The van der Waals surface area contributed by atoms with Gasteiger partial charge in [-0.2, -0.15) is 5.10 Å². The SMILES string of the molecule is CCNCc1cn[nH]c1S(=O)(=O)NCC1(C)CC1. The van der Waals surface area contributed by atoms with Crippen LogP contribution in [-0.4, -0.2) is 31.7 Å². The zero-order chi connectivity index (χ0) is 13.2. The maximum Gasteiger partial charge on any atom is 0.257 e. The van der Waals surface area contributed by atoms with Crippen LogP contribution in [0, 0.1) is 5.41 Å². The molecule has 1 heterocycles. The van der Waals surface area contributed by atoms with E-state index in [9.17, 15) is 8.42 Å². The van der Waals surface area contributed by atoms with Crippen molar-refractivity contribution in [3.05, 3.63) is 11.8 Å². The standard InChI is InChI=1S/C11H20N4O2S/c1-3-12-6-9-7-13-15-10(9)18(16,17)14-8-11(2)4-5-11/h7,12,14H,3-6,8H2,1-2H3,(H,13,15). The molecule has 0 atom stereocenters. The highest BCUT2D eigenvalue weighted by Crippen LogP contribution is 2.44. The molecule has 1 aliphatic rings. The first-order chi connectivity index (χ1) is 8.47. The van der Waals surface area contributed by atoms with Crippen LogP contribution in [0.4, 0.5) is 0 Å². The maximum atomic E-state index is 12.1. The number of nitrogens with zero attached hydrogens (tertiary/aromatic N) is 1. The van der Waals surface area contributed by atoms with Crippen LogP contribution in [-0.2, 0) is 16.6 Å². The Balaban J connectivity index is 2.06. The van der Waals surface area contributed by atoms with Crippen LogP contribution in [0.5, 0.6) is 0 Å². The van der Waals surface area contributed by atoms with E-state index in [0.717, 1.165) is 19.4 Å². The Bertz CT molecular complexity index is 505. The van der Waals surface area contributed by atoms with E-state index in [1.54, 1.807) is 6.20 Å². The summed E-state index contributed by atoms with van der Waals surface area (Å²) >= 11 is 0. The van der Waals surface area contributed by atoms with Gasteiger partial charge in [-0.15, -0.1) is 0 Å². The van der Waals surface area contributed by atoms with Gasteiger partial charge in [-0.05, 0) is 24.8 Å². The van der Waals surface area contributed by atoms with E-state index in [2.05, 4.69) is 27.2 Å². The lowest BCUT2D eigenvalue weighted by Crippen LogP contribution is -2.30. The lowest BCUT2D eigenvalue weighted by atomic mass is 10.2. The summed E-state index contributed by atoms with van der Waals surface area (Å²) in [5.41, 5.74) is 0.819. The third-order valence-corrected chi connectivity index (χ3v) is 4.72. The summed E-state index contributed by atoms with van der Waals surface area (Å²) in [6.45, 7) is 5.84. The van der Waals surface area contributed by atoms with Crippen LogP contribution >= 0.6 is 0 Å². The van der Waals surface area contributed by atoms with E-state index in [0.29, 0.717) is 18.7 Å². The zero-order valence-electron chi connectivity index (χ0n) is 10.8. The molecular formula is C11H20N4O2S. The second-order valence-corrected chi connectivity index (χ2v) is 6.84. The second kappa shape index (κ2) is 4.99. The molecule has 3 N–H and O–H groups in total. The number of aromatic amines is 1. The van der Waals surface area contributed by atoms with Gasteiger partial charge in [-0.3, -0.25) is 5.10 Å². The monoisotopic (exact) mass is 272 g/mol. The Morgan fingerprint density at radius 2 is 2.22 bits per heavy atom. The summed E-state index contributed by atoms with van der Waals surface area (Å²) in [5, 5.41) is 9.66. The average Bonchev–Trinajstić information content (AvgIpc) is 2.89. The van der Waals surface area contributed by atoms with Gasteiger partial charge in [0, 0.05) is 18.7 Å². The first kappa shape index (κ1) is 13.5. The highest BCUT2D eigenvalue weighted by molar-refractivity contribution is 7.89. The van der Waals surface area contributed by atoms with Gasteiger partial charge in [-0.25, -0.2) is 13.1 Å². The van der Waals surface area contributed by atoms with Gasteiger partial charge < -0.3 is 5.32 Å². The summed E-state index contributed by atoms with van der Waals surface area (Å²) in [6.07, 6.45) is 3.72. The summed E-state index contributed by atoms with van der Waals surface area (Å²) in [5.74, 6) is 0. The van der Waals surface area contributed by atoms with Gasteiger partial charge >= 0.3 is 0 Å². The van der Waals surface area contributed by atoms with Crippen LogP contribution in [0.3, 0.4) is 0 Å². The highest BCUT2D eigenvalue weighted by atomic mass is 32.2. The Labute approximate surface area is 108 Å². The average molecular weight is 272 g/mol. The van der Waals surface area contributed by atoms with Gasteiger partial charge in [0.15, 0.2) is 5.03 Å². The second-order valence-electron chi connectivity index (χ2n) is 5.14. The van der Waals surface area contributed by atoms with Crippen molar-refractivity contribution in [1.82, 2.24) is 20.2 Å². The van der Waals surface area contributed by atoms with E-state index in [1.807, 2.05) is 6.92 Å². The maximum absolute atomic E-state index is 12.1. The topological polar surface area (TPSA) is 86.9 Å². The van der Waals surface area contributed by atoms with Crippen molar-refractivity contribution >= 4 is 10.0 Å². The number of sulfonamides is 1. The smallest absolute Gasteiger partial charge is 0.257 e. The Morgan fingerprint density at radius 1 is 1.50 bits per heavy atom. The van der Waals surface area contributed by atoms with Gasteiger partial charge in [0.05, 0.1) is 6.20 Å². The zero-order valence-corrected chi connectivity index (χ0v) is 11.6. The van der Waals surface area contributed by atoms with Crippen LogP contribution in [0.2, 0.25) is 0 Å². The summed E-state index contributed by atoms with van der Waals surface area (Å²) in [7, 11) is -3.48. The molecule has 0 amide bonds. The van der Waals surface area contributed by atoms with E-state index in [-0.39, 0.29) is 10.4 Å². The summed E-state index contributed by atoms with van der Waals surface area (Å²) < 4.78 is 26.9. The summed E-state index contributed by atoms with van der Waals surface area (Å²) in [4.78, 5) is 0. The number of hydrogen-bond donors (Lipinski definition) is 3. The molecule has 6 nitrogen and oxygen atoms in total. The lowest BCUT2D eigenvalue weighted by molar-refractivity contribution is 0.527. The normalized spacial score (nSPS) is 17.9. The Morgan fingerprint density at radius 3 is 2.83 bits per heavy atom. The third kappa shape index (κ3) is 3.09. The van der Waals surface area contributed by atoms with Gasteiger partial charge in [0.25, 0.3) is 10.0 Å². The van der Waals surface area contributed by atoms with Crippen LogP contribution in [0.15, 0.2) is 11.2 Å². The molecule has 0 radical (unpaired) electrons. The largest absolute Gasteiger partial charge is 0.313 e. The molecule has 0 saturated heterocycles. The van der Waals surface area contributed by atoms with Crippen molar-refractivity contribution in [3.8, 4) is 0 Å². The molecule has 0 bridgehead atoms. The number of hydrogen-bond acceptors (Lipinski definition) is 4. The number of aromatic nitrogens is 2. The van der Waals surface area contributed by atoms with Crippen molar-refractivity contribution in [1.29, 1.82) is 0 Å². The van der Waals surface area contributed by atoms with E-state index >= 15 is 0 Å². The molecule has 0 unspecified atom stereocenters. The third-order valence-electron chi connectivity index (χ3n) is 3.30. The summed E-state index contributed by atoms with van der Waals surface area (Å²) in [6, 6.07) is 0. The predicted octanol–water partition coefficient (Wildman–Crippen LogP) is 0.598. The number of nitrogens with one attached hydrogen (secondary N) is 3. The molecule has 102 valence electrons. The molecule has 18 heavy (non-hydrogen) atoms. The van der Waals surface area contributed by atoms with Crippen LogP contribution < -0.4 is 10.0 Å². The highest BCUT2D eigenvalue weighted by Gasteiger charge is 2.38. The fourth-order valence-corrected chi connectivity index (χ4v) is 2.97. The first-order valence-corrected chi connectivity index (χ1v) is 7.68. The molecule has 1 aliphatic carbocycles. The minimum Gasteiger partial charge on any atom is -0.313 e. The number of H-pyrrole nitrogens is 1. The molecule has 7 heteroatoms. The van der Waals surface area contributed by atoms with Crippen molar-refractivity contribution < 1.29 is 8.42 Å². The molecule has 1 aromatic heterocycles. The molecule has 2 rings (SSSR count). The fourth-order valence-electron chi connectivity index (χ4n) is 1.65. The molecule has 0 aliphatic heterocycles. The Hall–Kier alpha value is -0.920. The molecule has 1 saturated carbocycles. The van der Waals surface area contributed by atoms with Gasteiger partial charge in [0.2, 0.25) is 0 Å². The minimum atomic E-state index is -3.48. The van der Waals surface area contributed by atoms with E-state index in [4.69, 9.17) is 0 Å². The van der Waals surface area contributed by atoms with Gasteiger partial charge in [0.1, 0.15) is 0 Å². The van der Waals surface area contributed by atoms with Crippen molar-refractivity contribution in [2.75, 3.05) is 13.1 Å². The predicted molar refractivity (Wildman–Crippen MR) is 68.5 cm³/mol. The minimum absolute atomic E-state index is 0.148. The van der Waals surface area contributed by atoms with E-state index in [1.165, 1.54) is 0 Å². The van der Waals surface area contributed by atoms with Gasteiger partial charge in [-0.1, -0.05) is 13.8 Å². The molecule has 1 aromatic rings. The van der Waals surface area contributed by atoms with E-state index < -0.39 is 10.0 Å². The fraction of sp³-hybridized carbons (Fsp3) is 0.727. The van der Waals surface area contributed by atoms with Crippen molar-refractivity contribution in [3.63, 3.8) is 0 Å².